The fourth-order valence-electron chi connectivity index (χ4n) is 1.80. The molecule has 3 rings (SSSR count). The smallest absolute Gasteiger partial charge is 0.152 e. The third kappa shape index (κ3) is 2.42. The predicted molar refractivity (Wildman–Crippen MR) is 67.1 cm³/mol. The van der Waals surface area contributed by atoms with Crippen molar-refractivity contribution < 1.29 is 0 Å². The predicted octanol–water partition coefficient (Wildman–Crippen LogP) is 2.88. The number of rotatable bonds is 4. The molecule has 4 nitrogen and oxygen atoms in total. The first-order valence-electron chi connectivity index (χ1n) is 5.71. The molecule has 1 aliphatic rings. The Morgan fingerprint density at radius 3 is 2.76 bits per heavy atom. The van der Waals surface area contributed by atoms with Gasteiger partial charge in [0, 0.05) is 16.8 Å². The van der Waals surface area contributed by atoms with E-state index in [2.05, 4.69) is 20.1 Å². The highest BCUT2D eigenvalue weighted by Gasteiger charge is 2.25. The van der Waals surface area contributed by atoms with Crippen molar-refractivity contribution in [3.05, 3.63) is 41.4 Å². The first-order chi connectivity index (χ1) is 8.33. The van der Waals surface area contributed by atoms with Crippen molar-refractivity contribution >= 4 is 17.3 Å². The molecular weight excluding hydrogens is 236 g/mol. The molecular formula is C12H13ClN4. The van der Waals surface area contributed by atoms with E-state index >= 15 is 0 Å². The van der Waals surface area contributed by atoms with E-state index in [4.69, 9.17) is 11.6 Å². The summed E-state index contributed by atoms with van der Waals surface area (Å²) in [6.07, 6.45) is 4.30. The molecule has 88 valence electrons. The van der Waals surface area contributed by atoms with E-state index in [0.29, 0.717) is 12.6 Å². The minimum atomic E-state index is 0.618. The SMILES string of the molecule is Clc1ccc(NCc2nncn2C2CC2)cc1. The van der Waals surface area contributed by atoms with E-state index in [1.54, 1.807) is 0 Å². The van der Waals surface area contributed by atoms with Crippen LogP contribution in [0.15, 0.2) is 30.6 Å². The van der Waals surface area contributed by atoms with E-state index in [9.17, 15) is 0 Å². The van der Waals surface area contributed by atoms with Crippen LogP contribution in [0.25, 0.3) is 0 Å². The summed E-state index contributed by atoms with van der Waals surface area (Å²) in [5, 5.41) is 12.2. The summed E-state index contributed by atoms with van der Waals surface area (Å²) in [5.41, 5.74) is 1.04. The molecule has 0 spiro atoms. The molecule has 0 bridgehead atoms. The van der Waals surface area contributed by atoms with Crippen LogP contribution in [0.4, 0.5) is 5.69 Å². The fraction of sp³-hybridized carbons (Fsp3) is 0.333. The quantitative estimate of drug-likeness (QED) is 0.905. The van der Waals surface area contributed by atoms with Gasteiger partial charge < -0.3 is 9.88 Å². The molecule has 0 unspecified atom stereocenters. The van der Waals surface area contributed by atoms with Gasteiger partial charge in [-0.3, -0.25) is 0 Å². The van der Waals surface area contributed by atoms with Crippen LogP contribution in [0.2, 0.25) is 5.02 Å². The van der Waals surface area contributed by atoms with Crippen LogP contribution in [0.3, 0.4) is 0 Å². The summed E-state index contributed by atoms with van der Waals surface area (Å²) in [5.74, 6) is 0.988. The minimum Gasteiger partial charge on any atom is -0.378 e. The zero-order valence-electron chi connectivity index (χ0n) is 9.31. The Morgan fingerprint density at radius 1 is 1.29 bits per heavy atom. The second-order valence-corrected chi connectivity index (χ2v) is 4.68. The Bertz CT molecular complexity index is 501. The van der Waals surface area contributed by atoms with E-state index < -0.39 is 0 Å². The third-order valence-electron chi connectivity index (χ3n) is 2.88. The molecule has 0 amide bonds. The van der Waals surface area contributed by atoms with E-state index in [1.807, 2.05) is 30.6 Å². The summed E-state index contributed by atoms with van der Waals surface area (Å²) in [6.45, 7) is 0.693. The van der Waals surface area contributed by atoms with Crippen molar-refractivity contribution in [1.29, 1.82) is 0 Å². The largest absolute Gasteiger partial charge is 0.378 e. The highest BCUT2D eigenvalue weighted by Crippen LogP contribution is 2.35. The molecule has 2 aromatic rings. The Hall–Kier alpha value is -1.55. The van der Waals surface area contributed by atoms with E-state index in [0.717, 1.165) is 16.5 Å². The molecule has 0 atom stereocenters. The third-order valence-corrected chi connectivity index (χ3v) is 3.13. The molecule has 1 heterocycles. The van der Waals surface area contributed by atoms with Crippen molar-refractivity contribution in [2.45, 2.75) is 25.4 Å². The molecule has 1 N–H and O–H groups in total. The number of nitrogens with zero attached hydrogens (tertiary/aromatic N) is 3. The normalized spacial score (nSPS) is 14.9. The van der Waals surface area contributed by atoms with Crippen molar-refractivity contribution in [3.8, 4) is 0 Å². The van der Waals surface area contributed by atoms with Crippen LogP contribution in [-0.2, 0) is 6.54 Å². The van der Waals surface area contributed by atoms with Gasteiger partial charge in [-0.05, 0) is 37.1 Å². The zero-order valence-corrected chi connectivity index (χ0v) is 10.1. The maximum absolute atomic E-state index is 5.83. The fourth-order valence-corrected chi connectivity index (χ4v) is 1.93. The number of nitrogens with one attached hydrogen (secondary N) is 1. The monoisotopic (exact) mass is 248 g/mol. The number of hydrogen-bond acceptors (Lipinski definition) is 3. The molecule has 17 heavy (non-hydrogen) atoms. The van der Waals surface area contributed by atoms with Gasteiger partial charge in [0.25, 0.3) is 0 Å². The molecule has 0 saturated heterocycles. The molecule has 1 aliphatic carbocycles. The molecule has 1 aromatic heterocycles. The highest BCUT2D eigenvalue weighted by molar-refractivity contribution is 6.30. The topological polar surface area (TPSA) is 42.7 Å². The highest BCUT2D eigenvalue weighted by atomic mass is 35.5. The number of anilines is 1. The Morgan fingerprint density at radius 2 is 2.06 bits per heavy atom. The molecule has 0 aliphatic heterocycles. The van der Waals surface area contributed by atoms with E-state index in [1.165, 1.54) is 12.8 Å². The van der Waals surface area contributed by atoms with E-state index in [-0.39, 0.29) is 0 Å². The summed E-state index contributed by atoms with van der Waals surface area (Å²) in [6, 6.07) is 8.28. The van der Waals surface area contributed by atoms with Gasteiger partial charge in [-0.25, -0.2) is 0 Å². The maximum atomic E-state index is 5.83. The summed E-state index contributed by atoms with van der Waals surface area (Å²) < 4.78 is 2.16. The van der Waals surface area contributed by atoms with Gasteiger partial charge in [0.1, 0.15) is 6.33 Å². The van der Waals surface area contributed by atoms with Gasteiger partial charge in [0.05, 0.1) is 6.54 Å². The molecule has 5 heteroatoms. The number of halogens is 1. The average Bonchev–Trinajstić information content (AvgIpc) is 3.08. The lowest BCUT2D eigenvalue weighted by molar-refractivity contribution is 0.690. The van der Waals surface area contributed by atoms with Crippen LogP contribution in [0.1, 0.15) is 24.7 Å². The van der Waals surface area contributed by atoms with Gasteiger partial charge in [0.2, 0.25) is 0 Å². The van der Waals surface area contributed by atoms with Crippen LogP contribution >= 0.6 is 11.6 Å². The van der Waals surface area contributed by atoms with Gasteiger partial charge in [-0.1, -0.05) is 11.6 Å². The molecule has 1 aromatic carbocycles. The van der Waals surface area contributed by atoms with Crippen molar-refractivity contribution in [2.75, 3.05) is 5.32 Å². The van der Waals surface area contributed by atoms with Crippen LogP contribution < -0.4 is 5.32 Å². The number of benzene rings is 1. The lowest BCUT2D eigenvalue weighted by Crippen LogP contribution is -2.07. The lowest BCUT2D eigenvalue weighted by Gasteiger charge is -2.07. The van der Waals surface area contributed by atoms with Crippen LogP contribution in [-0.4, -0.2) is 14.8 Å². The van der Waals surface area contributed by atoms with Crippen molar-refractivity contribution in [1.82, 2.24) is 14.8 Å². The standard InChI is InChI=1S/C12H13ClN4/c13-9-1-3-10(4-2-9)14-7-12-16-15-8-17(12)11-5-6-11/h1-4,8,11,14H,5-7H2. The average molecular weight is 249 g/mol. The second-order valence-electron chi connectivity index (χ2n) is 4.25. The van der Waals surface area contributed by atoms with Crippen LogP contribution in [0, 0.1) is 0 Å². The summed E-state index contributed by atoms with van der Waals surface area (Å²) >= 11 is 5.83. The Kier molecular flexibility index (Phi) is 2.73. The van der Waals surface area contributed by atoms with Gasteiger partial charge in [0.15, 0.2) is 5.82 Å². The minimum absolute atomic E-state index is 0.618. The van der Waals surface area contributed by atoms with Gasteiger partial charge in [-0.15, -0.1) is 10.2 Å². The molecule has 1 fully saturated rings. The Balaban J connectivity index is 1.67. The lowest BCUT2D eigenvalue weighted by atomic mass is 10.3. The van der Waals surface area contributed by atoms with Crippen molar-refractivity contribution in [3.63, 3.8) is 0 Å². The maximum Gasteiger partial charge on any atom is 0.152 e. The van der Waals surface area contributed by atoms with Gasteiger partial charge >= 0.3 is 0 Å². The zero-order chi connectivity index (χ0) is 11.7. The molecule has 1 saturated carbocycles. The number of hydrogen-bond donors (Lipinski definition) is 1. The molecule has 0 radical (unpaired) electrons. The van der Waals surface area contributed by atoms with Crippen LogP contribution in [0.5, 0.6) is 0 Å². The first kappa shape index (κ1) is 10.6. The second kappa shape index (κ2) is 4.37. The van der Waals surface area contributed by atoms with Gasteiger partial charge in [-0.2, -0.15) is 0 Å². The first-order valence-corrected chi connectivity index (χ1v) is 6.08. The summed E-state index contributed by atoms with van der Waals surface area (Å²) in [4.78, 5) is 0. The van der Waals surface area contributed by atoms with Crippen molar-refractivity contribution in [2.24, 2.45) is 0 Å². The summed E-state index contributed by atoms with van der Waals surface area (Å²) in [7, 11) is 0. The number of aromatic nitrogens is 3. The Labute approximate surface area is 105 Å².